The van der Waals surface area contributed by atoms with E-state index in [1.807, 2.05) is 11.3 Å². The second kappa shape index (κ2) is 6.29. The average Bonchev–Trinajstić information content (AvgIpc) is 2.99. The van der Waals surface area contributed by atoms with E-state index in [0.717, 1.165) is 25.2 Å². The number of nitrogens with two attached hydrogens (primary N) is 1. The van der Waals surface area contributed by atoms with Crippen molar-refractivity contribution in [3.8, 4) is 0 Å². The fourth-order valence-electron chi connectivity index (χ4n) is 2.57. The third-order valence-electron chi connectivity index (χ3n) is 3.77. The van der Waals surface area contributed by atoms with E-state index in [1.54, 1.807) is 0 Å². The quantitative estimate of drug-likeness (QED) is 0.716. The molecule has 0 amide bonds. The highest BCUT2D eigenvalue weighted by molar-refractivity contribution is 7.09. The number of hydrogen-bond donors (Lipinski definition) is 1. The van der Waals surface area contributed by atoms with Crippen LogP contribution in [0.2, 0.25) is 0 Å². The molecule has 2 N–H and O–H groups in total. The summed E-state index contributed by atoms with van der Waals surface area (Å²) in [4.78, 5) is 3.77. The summed E-state index contributed by atoms with van der Waals surface area (Å²) in [5.74, 6) is 0. The van der Waals surface area contributed by atoms with Gasteiger partial charge >= 0.3 is 0 Å². The fourth-order valence-corrected chi connectivity index (χ4v) is 3.27. The molecular weight excluding hydrogens is 276 g/mol. The van der Waals surface area contributed by atoms with Crippen molar-refractivity contribution >= 4 is 27.8 Å². The van der Waals surface area contributed by atoms with Gasteiger partial charge in [-0.05, 0) is 53.4 Å². The Morgan fingerprint density at radius 3 is 2.52 bits per heavy atom. The third kappa shape index (κ3) is 3.43. The molecule has 1 heterocycles. The Bertz CT molecular complexity index is 719. The molecule has 21 heavy (non-hydrogen) atoms. The van der Waals surface area contributed by atoms with Gasteiger partial charge in [0.2, 0.25) is 0 Å². The number of nitrogens with zero attached hydrogens (tertiary/aromatic N) is 1. The highest BCUT2D eigenvalue weighted by atomic mass is 32.1. The lowest BCUT2D eigenvalue weighted by Crippen LogP contribution is -2.21. The molecular formula is C18H20N2S. The summed E-state index contributed by atoms with van der Waals surface area (Å²) < 4.78 is 0. The maximum Gasteiger partial charge on any atom is 0.0366 e. The molecule has 2 aromatic carbocycles. The van der Waals surface area contributed by atoms with Crippen LogP contribution >= 0.6 is 11.3 Å². The maximum atomic E-state index is 6.20. The van der Waals surface area contributed by atoms with Gasteiger partial charge in [-0.15, -0.1) is 11.3 Å². The zero-order chi connectivity index (χ0) is 14.7. The van der Waals surface area contributed by atoms with Crippen molar-refractivity contribution in [2.75, 3.05) is 19.3 Å². The van der Waals surface area contributed by atoms with Gasteiger partial charge in [0.15, 0.2) is 0 Å². The van der Waals surface area contributed by atoms with E-state index in [1.165, 1.54) is 21.2 Å². The van der Waals surface area contributed by atoms with Crippen molar-refractivity contribution in [1.29, 1.82) is 0 Å². The zero-order valence-electron chi connectivity index (χ0n) is 12.3. The SMILES string of the molecule is CN(CCc1cccs1)Cc1cc2ccccc2cc1N. The second-order valence-corrected chi connectivity index (χ2v) is 6.50. The molecule has 0 saturated carbocycles. The van der Waals surface area contributed by atoms with Gasteiger partial charge in [-0.25, -0.2) is 0 Å². The Morgan fingerprint density at radius 1 is 1.05 bits per heavy atom. The van der Waals surface area contributed by atoms with Crippen LogP contribution < -0.4 is 5.73 Å². The van der Waals surface area contributed by atoms with Crippen molar-refractivity contribution in [1.82, 2.24) is 4.90 Å². The van der Waals surface area contributed by atoms with E-state index in [-0.39, 0.29) is 0 Å². The fraction of sp³-hybridized carbons (Fsp3) is 0.222. The second-order valence-electron chi connectivity index (χ2n) is 5.47. The largest absolute Gasteiger partial charge is 0.398 e. The zero-order valence-corrected chi connectivity index (χ0v) is 13.1. The summed E-state index contributed by atoms with van der Waals surface area (Å²) in [6.45, 7) is 1.94. The summed E-state index contributed by atoms with van der Waals surface area (Å²) in [6.07, 6.45) is 1.10. The van der Waals surface area contributed by atoms with Crippen LogP contribution in [0.1, 0.15) is 10.4 Å². The van der Waals surface area contributed by atoms with Gasteiger partial charge < -0.3 is 10.6 Å². The first-order chi connectivity index (χ1) is 10.2. The van der Waals surface area contributed by atoms with E-state index in [4.69, 9.17) is 5.73 Å². The number of hydrogen-bond acceptors (Lipinski definition) is 3. The van der Waals surface area contributed by atoms with Crippen LogP contribution in [0.25, 0.3) is 10.8 Å². The number of benzene rings is 2. The molecule has 2 nitrogen and oxygen atoms in total. The number of thiophene rings is 1. The molecule has 0 unspecified atom stereocenters. The molecule has 0 aliphatic heterocycles. The Balaban J connectivity index is 1.70. The van der Waals surface area contributed by atoms with E-state index in [0.29, 0.717) is 0 Å². The first-order valence-electron chi connectivity index (χ1n) is 7.20. The predicted molar refractivity (Wildman–Crippen MR) is 92.7 cm³/mol. The molecule has 0 saturated heterocycles. The monoisotopic (exact) mass is 296 g/mol. The lowest BCUT2D eigenvalue weighted by atomic mass is 10.0. The molecule has 0 aliphatic rings. The average molecular weight is 296 g/mol. The van der Waals surface area contributed by atoms with E-state index in [2.05, 4.69) is 65.9 Å². The highest BCUT2D eigenvalue weighted by Gasteiger charge is 2.06. The molecule has 0 aliphatic carbocycles. The number of likely N-dealkylation sites (N-methyl/N-ethyl adjacent to an activating group) is 1. The summed E-state index contributed by atoms with van der Waals surface area (Å²) >= 11 is 1.82. The number of anilines is 1. The molecule has 3 rings (SSSR count). The number of fused-ring (bicyclic) bond motifs is 1. The van der Waals surface area contributed by atoms with Gasteiger partial charge in [-0.2, -0.15) is 0 Å². The minimum absolute atomic E-state index is 0.886. The molecule has 0 bridgehead atoms. The molecule has 0 atom stereocenters. The Morgan fingerprint density at radius 2 is 1.81 bits per heavy atom. The Kier molecular flexibility index (Phi) is 4.23. The smallest absolute Gasteiger partial charge is 0.0366 e. The molecule has 3 aromatic rings. The van der Waals surface area contributed by atoms with Crippen molar-refractivity contribution in [3.63, 3.8) is 0 Å². The minimum Gasteiger partial charge on any atom is -0.398 e. The van der Waals surface area contributed by atoms with Gasteiger partial charge in [0, 0.05) is 23.7 Å². The lowest BCUT2D eigenvalue weighted by Gasteiger charge is -2.18. The van der Waals surface area contributed by atoms with Crippen LogP contribution in [-0.2, 0) is 13.0 Å². The van der Waals surface area contributed by atoms with Crippen LogP contribution in [0.3, 0.4) is 0 Å². The highest BCUT2D eigenvalue weighted by Crippen LogP contribution is 2.23. The molecule has 1 aromatic heterocycles. The summed E-state index contributed by atoms with van der Waals surface area (Å²) in [6, 6.07) is 17.0. The summed E-state index contributed by atoms with van der Waals surface area (Å²) in [5, 5.41) is 4.60. The maximum absolute atomic E-state index is 6.20. The van der Waals surface area contributed by atoms with Gasteiger partial charge in [0.05, 0.1) is 0 Å². The van der Waals surface area contributed by atoms with Crippen LogP contribution in [0.5, 0.6) is 0 Å². The van der Waals surface area contributed by atoms with E-state index >= 15 is 0 Å². The molecule has 0 radical (unpaired) electrons. The standard InChI is InChI=1S/C18H20N2S/c1-20(9-8-17-7-4-10-21-17)13-16-11-14-5-2-3-6-15(14)12-18(16)19/h2-7,10-12H,8-9,13,19H2,1H3. The van der Waals surface area contributed by atoms with E-state index in [9.17, 15) is 0 Å². The molecule has 0 spiro atoms. The van der Waals surface area contributed by atoms with Gasteiger partial charge in [0.1, 0.15) is 0 Å². The van der Waals surface area contributed by atoms with Crippen LogP contribution in [-0.4, -0.2) is 18.5 Å². The van der Waals surface area contributed by atoms with Crippen molar-refractivity contribution in [2.45, 2.75) is 13.0 Å². The first-order valence-corrected chi connectivity index (χ1v) is 8.08. The van der Waals surface area contributed by atoms with Crippen LogP contribution in [0.15, 0.2) is 53.9 Å². The number of nitrogen functional groups attached to an aromatic ring is 1. The van der Waals surface area contributed by atoms with Gasteiger partial charge in [0.25, 0.3) is 0 Å². The predicted octanol–water partition coefficient (Wildman–Crippen LogP) is 4.16. The van der Waals surface area contributed by atoms with Gasteiger partial charge in [-0.1, -0.05) is 30.3 Å². The normalized spacial score (nSPS) is 11.3. The van der Waals surface area contributed by atoms with Crippen LogP contribution in [0, 0.1) is 0 Å². The molecule has 0 fully saturated rings. The van der Waals surface area contributed by atoms with Crippen molar-refractivity contribution in [2.24, 2.45) is 0 Å². The lowest BCUT2D eigenvalue weighted by molar-refractivity contribution is 0.333. The summed E-state index contributed by atoms with van der Waals surface area (Å²) in [7, 11) is 2.15. The topological polar surface area (TPSA) is 29.3 Å². The molecule has 3 heteroatoms. The van der Waals surface area contributed by atoms with Crippen molar-refractivity contribution < 1.29 is 0 Å². The summed E-state index contributed by atoms with van der Waals surface area (Å²) in [5.41, 5.74) is 8.30. The Labute approximate surface area is 129 Å². The minimum atomic E-state index is 0.886. The van der Waals surface area contributed by atoms with E-state index < -0.39 is 0 Å². The van der Waals surface area contributed by atoms with Crippen LogP contribution in [0.4, 0.5) is 5.69 Å². The third-order valence-corrected chi connectivity index (χ3v) is 4.70. The first kappa shape index (κ1) is 14.1. The molecule has 108 valence electrons. The van der Waals surface area contributed by atoms with Gasteiger partial charge in [-0.3, -0.25) is 0 Å². The van der Waals surface area contributed by atoms with Crippen molar-refractivity contribution in [3.05, 3.63) is 64.4 Å². The Hall–Kier alpha value is -1.84. The number of rotatable bonds is 5.